The van der Waals surface area contributed by atoms with Gasteiger partial charge in [-0.25, -0.2) is 0 Å². The first-order chi connectivity index (χ1) is 8.35. The van der Waals surface area contributed by atoms with Crippen LogP contribution in [-0.2, 0) is 6.54 Å². The Bertz CT molecular complexity index is 400. The molecule has 0 aromatic carbocycles. The van der Waals surface area contributed by atoms with E-state index >= 15 is 0 Å². The Balaban J connectivity index is 1.70. The summed E-state index contributed by atoms with van der Waals surface area (Å²) in [6, 6.07) is 0. The smallest absolute Gasteiger partial charge is 0.0926 e. The molecule has 0 radical (unpaired) electrons. The summed E-state index contributed by atoms with van der Waals surface area (Å²) in [6.45, 7) is 0.564. The molecule has 0 aliphatic heterocycles. The molecule has 0 unspecified atom stereocenters. The van der Waals surface area contributed by atoms with Gasteiger partial charge in [0.05, 0.1) is 10.6 Å². The molecular weight excluding hydrogens is 230 g/mol. The summed E-state index contributed by atoms with van der Waals surface area (Å²) < 4.78 is 4.14. The van der Waals surface area contributed by atoms with Crippen LogP contribution < -0.4 is 5.73 Å². The van der Waals surface area contributed by atoms with E-state index in [-0.39, 0.29) is 0 Å². The maximum atomic E-state index is 5.79. The minimum Gasteiger partial charge on any atom is -0.325 e. The molecule has 4 saturated carbocycles. The van der Waals surface area contributed by atoms with E-state index in [4.69, 9.17) is 5.73 Å². The van der Waals surface area contributed by atoms with Crippen LogP contribution in [0.5, 0.6) is 0 Å². The van der Waals surface area contributed by atoms with Gasteiger partial charge < -0.3 is 5.73 Å². The van der Waals surface area contributed by atoms with Crippen LogP contribution >= 0.6 is 11.5 Å². The minimum absolute atomic E-state index is 0.564. The summed E-state index contributed by atoms with van der Waals surface area (Å²) in [5.41, 5.74) is 6.87. The van der Waals surface area contributed by atoms with Crippen molar-refractivity contribution in [2.75, 3.05) is 0 Å². The second-order valence-corrected chi connectivity index (χ2v) is 7.03. The molecular formula is C13H19N3S. The van der Waals surface area contributed by atoms with Crippen molar-refractivity contribution in [1.82, 2.24) is 9.59 Å². The Morgan fingerprint density at radius 3 is 2.29 bits per heavy atom. The van der Waals surface area contributed by atoms with Gasteiger partial charge in [-0.2, -0.15) is 0 Å². The molecule has 1 aromatic rings. The average Bonchev–Trinajstić information content (AvgIpc) is 2.75. The molecule has 17 heavy (non-hydrogen) atoms. The fourth-order valence-corrected chi connectivity index (χ4v) is 5.93. The third kappa shape index (κ3) is 1.50. The lowest BCUT2D eigenvalue weighted by Gasteiger charge is -2.54. The summed E-state index contributed by atoms with van der Waals surface area (Å²) in [7, 11) is 0. The van der Waals surface area contributed by atoms with Gasteiger partial charge in [0.2, 0.25) is 0 Å². The predicted octanol–water partition coefficient (Wildman–Crippen LogP) is 2.54. The molecule has 4 fully saturated rings. The molecule has 4 heteroatoms. The molecule has 1 heterocycles. The number of rotatable bonds is 2. The molecule has 4 bridgehead atoms. The van der Waals surface area contributed by atoms with Gasteiger partial charge in [-0.15, -0.1) is 5.10 Å². The average molecular weight is 249 g/mol. The SMILES string of the molecule is NCc1nnsc1C1C2CC3CC(C2)CC1C3. The maximum absolute atomic E-state index is 5.79. The molecule has 4 aliphatic carbocycles. The third-order valence-electron chi connectivity index (χ3n) is 5.31. The van der Waals surface area contributed by atoms with Crippen LogP contribution in [0, 0.1) is 23.7 Å². The highest BCUT2D eigenvalue weighted by atomic mass is 32.1. The van der Waals surface area contributed by atoms with Gasteiger partial charge in [0.15, 0.2) is 0 Å². The molecule has 1 aromatic heterocycles. The van der Waals surface area contributed by atoms with Gasteiger partial charge in [0.25, 0.3) is 0 Å². The summed E-state index contributed by atoms with van der Waals surface area (Å²) in [6.07, 6.45) is 7.35. The van der Waals surface area contributed by atoms with Crippen molar-refractivity contribution in [2.24, 2.45) is 29.4 Å². The zero-order valence-electron chi connectivity index (χ0n) is 10.0. The second-order valence-electron chi connectivity index (χ2n) is 6.24. The highest BCUT2D eigenvalue weighted by Gasteiger charge is 2.49. The topological polar surface area (TPSA) is 51.8 Å². The van der Waals surface area contributed by atoms with Gasteiger partial charge in [-0.05, 0) is 67.3 Å². The van der Waals surface area contributed by atoms with Crippen molar-refractivity contribution in [3.8, 4) is 0 Å². The molecule has 0 spiro atoms. The van der Waals surface area contributed by atoms with Crippen molar-refractivity contribution in [3.63, 3.8) is 0 Å². The van der Waals surface area contributed by atoms with Crippen LogP contribution in [0.3, 0.4) is 0 Å². The predicted molar refractivity (Wildman–Crippen MR) is 67.6 cm³/mol. The number of nitrogens with zero attached hydrogens (tertiary/aromatic N) is 2. The maximum Gasteiger partial charge on any atom is 0.0926 e. The summed E-state index contributed by atoms with van der Waals surface area (Å²) in [5.74, 6) is 4.66. The van der Waals surface area contributed by atoms with Crippen molar-refractivity contribution < 1.29 is 0 Å². The lowest BCUT2D eigenvalue weighted by atomic mass is 9.51. The lowest BCUT2D eigenvalue weighted by molar-refractivity contribution is -0.00193. The zero-order valence-corrected chi connectivity index (χ0v) is 10.8. The quantitative estimate of drug-likeness (QED) is 0.876. The van der Waals surface area contributed by atoms with Crippen molar-refractivity contribution in [3.05, 3.63) is 10.6 Å². The van der Waals surface area contributed by atoms with Crippen LogP contribution in [-0.4, -0.2) is 9.59 Å². The Hall–Kier alpha value is -0.480. The zero-order chi connectivity index (χ0) is 11.4. The fourth-order valence-electron chi connectivity index (χ4n) is 4.96. The van der Waals surface area contributed by atoms with E-state index in [0.717, 1.165) is 35.3 Å². The van der Waals surface area contributed by atoms with Crippen molar-refractivity contribution in [2.45, 2.75) is 44.6 Å². The van der Waals surface area contributed by atoms with Gasteiger partial charge in [0.1, 0.15) is 0 Å². The fraction of sp³-hybridized carbons (Fsp3) is 0.846. The van der Waals surface area contributed by atoms with Crippen molar-refractivity contribution >= 4 is 11.5 Å². The van der Waals surface area contributed by atoms with E-state index in [1.807, 2.05) is 0 Å². The first-order valence-corrected chi connectivity index (χ1v) is 7.63. The van der Waals surface area contributed by atoms with Gasteiger partial charge in [0, 0.05) is 12.5 Å². The summed E-state index contributed by atoms with van der Waals surface area (Å²) in [5, 5.41) is 4.21. The Morgan fingerprint density at radius 2 is 1.71 bits per heavy atom. The minimum atomic E-state index is 0.564. The van der Waals surface area contributed by atoms with E-state index in [2.05, 4.69) is 9.59 Å². The van der Waals surface area contributed by atoms with E-state index in [1.165, 1.54) is 37.0 Å². The first-order valence-electron chi connectivity index (χ1n) is 6.86. The van der Waals surface area contributed by atoms with Gasteiger partial charge >= 0.3 is 0 Å². The second kappa shape index (κ2) is 3.75. The van der Waals surface area contributed by atoms with Crippen LogP contribution in [0.25, 0.3) is 0 Å². The molecule has 0 amide bonds. The standard InChI is InChI=1S/C13H19N3S/c14-6-11-13(17-16-15-11)12-9-2-7-1-8(4-9)5-10(12)3-7/h7-10,12H,1-6,14H2. The molecule has 2 N–H and O–H groups in total. The number of nitrogens with two attached hydrogens (primary N) is 1. The lowest BCUT2D eigenvalue weighted by Crippen LogP contribution is -2.43. The highest BCUT2D eigenvalue weighted by molar-refractivity contribution is 7.05. The largest absolute Gasteiger partial charge is 0.325 e. The van der Waals surface area contributed by atoms with E-state index in [0.29, 0.717) is 6.54 Å². The Labute approximate surface area is 106 Å². The van der Waals surface area contributed by atoms with Gasteiger partial charge in [-0.1, -0.05) is 4.49 Å². The molecule has 3 nitrogen and oxygen atoms in total. The van der Waals surface area contributed by atoms with Gasteiger partial charge in [-0.3, -0.25) is 0 Å². The number of hydrogen-bond acceptors (Lipinski definition) is 4. The van der Waals surface area contributed by atoms with Crippen molar-refractivity contribution in [1.29, 1.82) is 0 Å². The Morgan fingerprint density at radius 1 is 1.06 bits per heavy atom. The van der Waals surface area contributed by atoms with Crippen LogP contribution in [0.15, 0.2) is 0 Å². The van der Waals surface area contributed by atoms with Crippen LogP contribution in [0.2, 0.25) is 0 Å². The summed E-state index contributed by atoms with van der Waals surface area (Å²) in [4.78, 5) is 1.43. The van der Waals surface area contributed by atoms with E-state index in [9.17, 15) is 0 Å². The molecule has 4 aliphatic rings. The summed E-state index contributed by atoms with van der Waals surface area (Å²) >= 11 is 1.61. The Kier molecular flexibility index (Phi) is 2.31. The molecule has 5 rings (SSSR count). The monoisotopic (exact) mass is 249 g/mol. The highest BCUT2D eigenvalue weighted by Crippen LogP contribution is 2.60. The number of hydrogen-bond donors (Lipinski definition) is 1. The molecule has 0 atom stereocenters. The normalized spacial score (nSPS) is 43.2. The van der Waals surface area contributed by atoms with Crippen LogP contribution in [0.1, 0.15) is 48.6 Å². The first kappa shape index (κ1) is 10.4. The van der Waals surface area contributed by atoms with E-state index in [1.54, 1.807) is 11.5 Å². The number of aromatic nitrogens is 2. The molecule has 0 saturated heterocycles. The van der Waals surface area contributed by atoms with E-state index < -0.39 is 0 Å². The molecule has 92 valence electrons. The van der Waals surface area contributed by atoms with Crippen LogP contribution in [0.4, 0.5) is 0 Å². The third-order valence-corrected chi connectivity index (χ3v) is 6.18.